The minimum atomic E-state index is 0.0929. The molecule has 2 saturated heterocycles. The quantitative estimate of drug-likeness (QED) is 0.895. The van der Waals surface area contributed by atoms with Crippen molar-refractivity contribution < 1.29 is 9.47 Å². The normalized spacial score (nSPS) is 29.1. The van der Waals surface area contributed by atoms with Gasteiger partial charge in [-0.15, -0.1) is 0 Å². The number of ether oxygens (including phenoxy) is 2. The highest BCUT2D eigenvalue weighted by molar-refractivity contribution is 5.29. The van der Waals surface area contributed by atoms with Crippen molar-refractivity contribution in [2.45, 2.75) is 50.5 Å². The van der Waals surface area contributed by atoms with E-state index in [0.29, 0.717) is 24.3 Å². The van der Waals surface area contributed by atoms with E-state index in [1.54, 1.807) is 0 Å². The fourth-order valence-corrected chi connectivity index (χ4v) is 3.20. The highest BCUT2D eigenvalue weighted by Crippen LogP contribution is 2.35. The van der Waals surface area contributed by atoms with Crippen LogP contribution in [-0.4, -0.2) is 24.9 Å². The van der Waals surface area contributed by atoms with Gasteiger partial charge in [0.05, 0.1) is 12.2 Å². The van der Waals surface area contributed by atoms with E-state index < -0.39 is 0 Å². The molecule has 1 aromatic rings. The van der Waals surface area contributed by atoms with Gasteiger partial charge in [-0.1, -0.05) is 12.1 Å². The molecule has 2 heterocycles. The first-order valence-electron chi connectivity index (χ1n) is 7.27. The Morgan fingerprint density at radius 3 is 2.80 bits per heavy atom. The van der Waals surface area contributed by atoms with Crippen LogP contribution < -0.4 is 10.1 Å². The average molecular weight is 272 g/mol. The first-order chi connectivity index (χ1) is 9.76. The maximum absolute atomic E-state index is 8.48. The molecule has 2 aliphatic rings. The van der Waals surface area contributed by atoms with E-state index in [-0.39, 0.29) is 6.61 Å². The van der Waals surface area contributed by atoms with Crippen molar-refractivity contribution in [2.75, 3.05) is 6.61 Å². The lowest BCUT2D eigenvalue weighted by Crippen LogP contribution is -2.38. The molecule has 4 unspecified atom stereocenters. The number of benzene rings is 1. The highest BCUT2D eigenvalue weighted by Gasteiger charge is 2.40. The number of hydrogen-bond acceptors (Lipinski definition) is 4. The zero-order valence-electron chi connectivity index (χ0n) is 11.7. The Morgan fingerprint density at radius 1 is 1.40 bits per heavy atom. The van der Waals surface area contributed by atoms with E-state index in [4.69, 9.17) is 14.7 Å². The molecule has 0 aromatic heterocycles. The van der Waals surface area contributed by atoms with Gasteiger partial charge in [0, 0.05) is 12.1 Å². The first-order valence-corrected chi connectivity index (χ1v) is 7.27. The maximum Gasteiger partial charge on any atom is 0.174 e. The van der Waals surface area contributed by atoms with Crippen LogP contribution in [0, 0.1) is 11.3 Å². The van der Waals surface area contributed by atoms with Gasteiger partial charge in [0.2, 0.25) is 0 Å². The third kappa shape index (κ3) is 2.79. The Kier molecular flexibility index (Phi) is 3.90. The number of nitrogens with one attached hydrogen (secondary N) is 1. The van der Waals surface area contributed by atoms with Gasteiger partial charge in [0.1, 0.15) is 11.8 Å². The van der Waals surface area contributed by atoms with Gasteiger partial charge in [0.25, 0.3) is 0 Å². The molecule has 4 heteroatoms. The summed E-state index contributed by atoms with van der Waals surface area (Å²) in [5.74, 6) is 0.741. The molecule has 4 atom stereocenters. The van der Waals surface area contributed by atoms with Crippen LogP contribution in [0.3, 0.4) is 0 Å². The molecule has 2 aliphatic heterocycles. The van der Waals surface area contributed by atoms with Gasteiger partial charge in [-0.2, -0.15) is 5.26 Å². The predicted molar refractivity (Wildman–Crippen MR) is 75.4 cm³/mol. The van der Waals surface area contributed by atoms with Gasteiger partial charge in [-0.05, 0) is 43.9 Å². The minimum Gasteiger partial charge on any atom is -0.479 e. The van der Waals surface area contributed by atoms with Crippen molar-refractivity contribution in [3.63, 3.8) is 0 Å². The molecule has 1 N–H and O–H groups in total. The molecule has 0 amide bonds. The maximum atomic E-state index is 8.48. The van der Waals surface area contributed by atoms with Crippen LogP contribution in [0.1, 0.15) is 37.8 Å². The lowest BCUT2D eigenvalue weighted by Gasteiger charge is -2.25. The van der Waals surface area contributed by atoms with Crippen molar-refractivity contribution in [1.29, 1.82) is 5.26 Å². The fourth-order valence-electron chi connectivity index (χ4n) is 3.20. The summed E-state index contributed by atoms with van der Waals surface area (Å²) in [5, 5.41) is 12.2. The van der Waals surface area contributed by atoms with Crippen molar-refractivity contribution >= 4 is 0 Å². The molecule has 2 fully saturated rings. The molecule has 0 spiro atoms. The highest BCUT2D eigenvalue weighted by atomic mass is 16.5. The standard InChI is InChI=1S/C16H20N2O2/c1-11(18-15-10-14-6-7-16(15)20-14)12-2-4-13(5-3-12)19-9-8-17/h2-5,11,14-16,18H,6-7,9-10H2,1H3. The van der Waals surface area contributed by atoms with E-state index >= 15 is 0 Å². The molecule has 2 bridgehead atoms. The van der Waals surface area contributed by atoms with Gasteiger partial charge < -0.3 is 14.8 Å². The van der Waals surface area contributed by atoms with Gasteiger partial charge >= 0.3 is 0 Å². The molecule has 0 saturated carbocycles. The van der Waals surface area contributed by atoms with Crippen LogP contribution in [0.4, 0.5) is 0 Å². The predicted octanol–water partition coefficient (Wildman–Crippen LogP) is 2.56. The monoisotopic (exact) mass is 272 g/mol. The molecule has 1 aromatic carbocycles. The Balaban J connectivity index is 1.57. The number of nitrogens with zero attached hydrogens (tertiary/aromatic N) is 1. The van der Waals surface area contributed by atoms with Crippen LogP contribution >= 0.6 is 0 Å². The Bertz CT molecular complexity index is 494. The summed E-state index contributed by atoms with van der Waals surface area (Å²) in [6.07, 6.45) is 4.43. The van der Waals surface area contributed by atoms with E-state index in [1.165, 1.54) is 18.4 Å². The molecule has 3 rings (SSSR count). The summed E-state index contributed by atoms with van der Waals surface area (Å²) < 4.78 is 11.1. The smallest absolute Gasteiger partial charge is 0.174 e. The van der Waals surface area contributed by atoms with Gasteiger partial charge in [0.15, 0.2) is 6.61 Å². The molecular formula is C16H20N2O2. The number of nitriles is 1. The van der Waals surface area contributed by atoms with Crippen molar-refractivity contribution in [2.24, 2.45) is 0 Å². The summed E-state index contributed by atoms with van der Waals surface area (Å²) in [6.45, 7) is 2.27. The zero-order chi connectivity index (χ0) is 13.9. The second-order valence-corrected chi connectivity index (χ2v) is 5.62. The third-order valence-corrected chi connectivity index (χ3v) is 4.25. The van der Waals surface area contributed by atoms with E-state index in [1.807, 2.05) is 18.2 Å². The van der Waals surface area contributed by atoms with E-state index in [9.17, 15) is 0 Å². The van der Waals surface area contributed by atoms with Crippen molar-refractivity contribution in [1.82, 2.24) is 5.32 Å². The third-order valence-electron chi connectivity index (χ3n) is 4.25. The first kappa shape index (κ1) is 13.4. The minimum absolute atomic E-state index is 0.0929. The Hall–Kier alpha value is -1.57. The zero-order valence-corrected chi connectivity index (χ0v) is 11.7. The van der Waals surface area contributed by atoms with Crippen LogP contribution in [0.25, 0.3) is 0 Å². The molecular weight excluding hydrogens is 252 g/mol. The number of rotatable bonds is 5. The fraction of sp³-hybridized carbons (Fsp3) is 0.562. The molecule has 20 heavy (non-hydrogen) atoms. The largest absolute Gasteiger partial charge is 0.479 e. The lowest BCUT2D eigenvalue weighted by molar-refractivity contribution is 0.0962. The summed E-state index contributed by atoms with van der Waals surface area (Å²) in [6, 6.07) is 10.7. The van der Waals surface area contributed by atoms with E-state index in [0.717, 1.165) is 12.2 Å². The molecule has 4 nitrogen and oxygen atoms in total. The van der Waals surface area contributed by atoms with Gasteiger partial charge in [-0.3, -0.25) is 0 Å². The SMILES string of the molecule is CC(NC1CC2CCC1O2)c1ccc(OCC#N)cc1. The summed E-state index contributed by atoms with van der Waals surface area (Å²) >= 11 is 0. The molecule has 0 radical (unpaired) electrons. The van der Waals surface area contributed by atoms with Crippen molar-refractivity contribution in [3.05, 3.63) is 29.8 Å². The van der Waals surface area contributed by atoms with Crippen molar-refractivity contribution in [3.8, 4) is 11.8 Å². The Labute approximate surface area is 119 Å². The van der Waals surface area contributed by atoms with E-state index in [2.05, 4.69) is 24.4 Å². The van der Waals surface area contributed by atoms with Gasteiger partial charge in [-0.25, -0.2) is 0 Å². The van der Waals surface area contributed by atoms with Crippen LogP contribution in [0.2, 0.25) is 0 Å². The summed E-state index contributed by atoms with van der Waals surface area (Å²) in [5.41, 5.74) is 1.23. The second kappa shape index (κ2) is 5.82. The van der Waals surface area contributed by atoms with Crippen LogP contribution in [-0.2, 0) is 4.74 Å². The topological polar surface area (TPSA) is 54.3 Å². The number of fused-ring (bicyclic) bond motifs is 2. The number of hydrogen-bond donors (Lipinski definition) is 1. The molecule has 0 aliphatic carbocycles. The Morgan fingerprint density at radius 2 is 2.20 bits per heavy atom. The average Bonchev–Trinajstić information content (AvgIpc) is 3.08. The van der Waals surface area contributed by atoms with Crippen LogP contribution in [0.5, 0.6) is 5.75 Å². The summed E-state index contributed by atoms with van der Waals surface area (Å²) in [4.78, 5) is 0. The molecule has 106 valence electrons. The second-order valence-electron chi connectivity index (χ2n) is 5.62. The van der Waals surface area contributed by atoms with Crippen LogP contribution in [0.15, 0.2) is 24.3 Å². The summed E-state index contributed by atoms with van der Waals surface area (Å²) in [7, 11) is 0. The lowest BCUT2D eigenvalue weighted by atomic mass is 9.94.